The Labute approximate surface area is 97.5 Å². The standard InChI is InChI=1S/C11H11N3O3/c15-11(16)10(7-14-5-4-13-8-14)17-9-2-1-3-12-6-9/h1-6,8,10H,7H2,(H,15,16). The van der Waals surface area contributed by atoms with Crippen molar-refractivity contribution in [3.63, 3.8) is 0 Å². The first-order valence-electron chi connectivity index (χ1n) is 5.01. The van der Waals surface area contributed by atoms with Crippen molar-refractivity contribution in [1.82, 2.24) is 14.5 Å². The molecule has 6 nitrogen and oxygen atoms in total. The minimum atomic E-state index is -1.03. The molecule has 1 unspecified atom stereocenters. The third-order valence-electron chi connectivity index (χ3n) is 2.12. The van der Waals surface area contributed by atoms with Gasteiger partial charge in [-0.15, -0.1) is 0 Å². The fraction of sp³-hybridized carbons (Fsp3) is 0.182. The van der Waals surface area contributed by atoms with Crippen molar-refractivity contribution in [2.24, 2.45) is 0 Å². The summed E-state index contributed by atoms with van der Waals surface area (Å²) < 4.78 is 6.99. The van der Waals surface area contributed by atoms with Crippen LogP contribution in [0.25, 0.3) is 0 Å². The van der Waals surface area contributed by atoms with Crippen LogP contribution in [0.15, 0.2) is 43.2 Å². The highest BCUT2D eigenvalue weighted by Crippen LogP contribution is 2.10. The van der Waals surface area contributed by atoms with Crippen LogP contribution in [0, 0.1) is 0 Å². The van der Waals surface area contributed by atoms with Crippen molar-refractivity contribution in [2.45, 2.75) is 12.6 Å². The molecule has 0 aliphatic heterocycles. The van der Waals surface area contributed by atoms with E-state index in [1.54, 1.807) is 41.6 Å². The summed E-state index contributed by atoms with van der Waals surface area (Å²) in [5.41, 5.74) is 0. The summed E-state index contributed by atoms with van der Waals surface area (Å²) in [6.45, 7) is 0.199. The van der Waals surface area contributed by atoms with Gasteiger partial charge in [-0.05, 0) is 12.1 Å². The number of rotatable bonds is 5. The van der Waals surface area contributed by atoms with Crippen LogP contribution in [0.3, 0.4) is 0 Å². The zero-order valence-electron chi connectivity index (χ0n) is 8.93. The summed E-state index contributed by atoms with van der Waals surface area (Å²) in [7, 11) is 0. The maximum atomic E-state index is 11.1. The molecule has 0 radical (unpaired) electrons. The van der Waals surface area contributed by atoms with Crippen LogP contribution in [-0.2, 0) is 11.3 Å². The van der Waals surface area contributed by atoms with Gasteiger partial charge in [-0.3, -0.25) is 4.98 Å². The first kappa shape index (κ1) is 11.1. The molecule has 6 heteroatoms. The van der Waals surface area contributed by atoms with Crippen molar-refractivity contribution >= 4 is 5.97 Å². The van der Waals surface area contributed by atoms with Gasteiger partial charge < -0.3 is 14.4 Å². The molecule has 2 rings (SSSR count). The highest BCUT2D eigenvalue weighted by atomic mass is 16.5. The lowest BCUT2D eigenvalue weighted by Crippen LogP contribution is -2.31. The second-order valence-corrected chi connectivity index (χ2v) is 3.39. The molecular weight excluding hydrogens is 222 g/mol. The molecule has 2 heterocycles. The van der Waals surface area contributed by atoms with E-state index in [0.29, 0.717) is 5.75 Å². The molecule has 2 aromatic heterocycles. The number of carbonyl (C=O) groups is 1. The van der Waals surface area contributed by atoms with Crippen LogP contribution >= 0.6 is 0 Å². The van der Waals surface area contributed by atoms with Crippen LogP contribution in [0.5, 0.6) is 5.75 Å². The van der Waals surface area contributed by atoms with Crippen LogP contribution in [-0.4, -0.2) is 31.7 Å². The largest absolute Gasteiger partial charge is 0.478 e. The Hall–Kier alpha value is -2.37. The molecule has 1 atom stereocenters. The molecule has 0 aliphatic rings. The highest BCUT2D eigenvalue weighted by molar-refractivity contribution is 5.72. The van der Waals surface area contributed by atoms with Gasteiger partial charge in [0.1, 0.15) is 5.75 Å². The normalized spacial score (nSPS) is 12.0. The summed E-state index contributed by atoms with van der Waals surface area (Å²) in [4.78, 5) is 18.8. The van der Waals surface area contributed by atoms with Gasteiger partial charge in [0.2, 0.25) is 6.10 Å². The first-order valence-corrected chi connectivity index (χ1v) is 5.01. The van der Waals surface area contributed by atoms with E-state index < -0.39 is 12.1 Å². The van der Waals surface area contributed by atoms with Gasteiger partial charge in [0.25, 0.3) is 0 Å². The number of aliphatic carboxylic acids is 1. The number of aromatic nitrogens is 3. The third kappa shape index (κ3) is 3.04. The van der Waals surface area contributed by atoms with E-state index in [9.17, 15) is 4.79 Å². The maximum absolute atomic E-state index is 11.1. The van der Waals surface area contributed by atoms with E-state index in [4.69, 9.17) is 9.84 Å². The van der Waals surface area contributed by atoms with E-state index in [-0.39, 0.29) is 6.54 Å². The molecule has 17 heavy (non-hydrogen) atoms. The molecule has 0 aliphatic carbocycles. The Balaban J connectivity index is 2.06. The second kappa shape index (κ2) is 5.11. The number of carboxylic acid groups (broad SMARTS) is 1. The molecule has 0 saturated heterocycles. The molecule has 0 amide bonds. The molecular formula is C11H11N3O3. The number of ether oxygens (including phenoxy) is 1. The number of nitrogens with zero attached hydrogens (tertiary/aromatic N) is 3. The van der Waals surface area contributed by atoms with Gasteiger partial charge in [-0.2, -0.15) is 0 Å². The zero-order valence-corrected chi connectivity index (χ0v) is 8.93. The van der Waals surface area contributed by atoms with Gasteiger partial charge in [0.15, 0.2) is 0 Å². The Morgan fingerprint density at radius 3 is 2.94 bits per heavy atom. The van der Waals surface area contributed by atoms with Crippen molar-refractivity contribution in [2.75, 3.05) is 0 Å². The fourth-order valence-corrected chi connectivity index (χ4v) is 1.33. The van der Waals surface area contributed by atoms with E-state index in [0.717, 1.165) is 0 Å². The second-order valence-electron chi connectivity index (χ2n) is 3.39. The zero-order chi connectivity index (χ0) is 12.1. The van der Waals surface area contributed by atoms with Gasteiger partial charge in [0.05, 0.1) is 19.1 Å². The van der Waals surface area contributed by atoms with Crippen molar-refractivity contribution in [3.05, 3.63) is 43.2 Å². The monoisotopic (exact) mass is 233 g/mol. The summed E-state index contributed by atoms with van der Waals surface area (Å²) >= 11 is 0. The average Bonchev–Trinajstić information content (AvgIpc) is 2.82. The lowest BCUT2D eigenvalue weighted by atomic mass is 10.3. The molecule has 2 aromatic rings. The maximum Gasteiger partial charge on any atom is 0.346 e. The topological polar surface area (TPSA) is 77.2 Å². The molecule has 0 saturated carbocycles. The molecule has 0 fully saturated rings. The lowest BCUT2D eigenvalue weighted by molar-refractivity contribution is -0.145. The van der Waals surface area contributed by atoms with Crippen LogP contribution < -0.4 is 4.74 Å². The predicted octanol–water partition coefficient (Wildman–Crippen LogP) is 0.810. The molecule has 0 spiro atoms. The van der Waals surface area contributed by atoms with E-state index in [2.05, 4.69) is 9.97 Å². The van der Waals surface area contributed by atoms with Gasteiger partial charge >= 0.3 is 5.97 Å². The van der Waals surface area contributed by atoms with Gasteiger partial charge in [-0.1, -0.05) is 0 Å². The highest BCUT2D eigenvalue weighted by Gasteiger charge is 2.19. The number of pyridine rings is 1. The Morgan fingerprint density at radius 1 is 1.47 bits per heavy atom. The Kier molecular flexibility index (Phi) is 3.34. The minimum absolute atomic E-state index is 0.199. The molecule has 88 valence electrons. The molecule has 1 N–H and O–H groups in total. The smallest absolute Gasteiger partial charge is 0.346 e. The summed E-state index contributed by atoms with van der Waals surface area (Å²) in [6, 6.07) is 3.35. The number of carboxylic acids is 1. The third-order valence-corrected chi connectivity index (χ3v) is 2.12. The van der Waals surface area contributed by atoms with Crippen molar-refractivity contribution in [1.29, 1.82) is 0 Å². The first-order chi connectivity index (χ1) is 8.25. The number of imidazole rings is 1. The molecule has 0 bridgehead atoms. The van der Waals surface area contributed by atoms with Crippen molar-refractivity contribution in [3.8, 4) is 5.75 Å². The predicted molar refractivity (Wildman–Crippen MR) is 58.5 cm³/mol. The Bertz CT molecular complexity index is 470. The quantitative estimate of drug-likeness (QED) is 0.826. The number of hydrogen-bond donors (Lipinski definition) is 1. The van der Waals surface area contributed by atoms with Crippen LogP contribution in [0.4, 0.5) is 0 Å². The lowest BCUT2D eigenvalue weighted by Gasteiger charge is -2.15. The van der Waals surface area contributed by atoms with Crippen molar-refractivity contribution < 1.29 is 14.6 Å². The van der Waals surface area contributed by atoms with Gasteiger partial charge in [0, 0.05) is 18.6 Å². The van der Waals surface area contributed by atoms with E-state index in [1.165, 1.54) is 6.20 Å². The van der Waals surface area contributed by atoms with E-state index in [1.807, 2.05) is 0 Å². The summed E-state index contributed by atoms with van der Waals surface area (Å²) in [6.07, 6.45) is 6.92. The fourth-order valence-electron chi connectivity index (χ4n) is 1.33. The van der Waals surface area contributed by atoms with Crippen LogP contribution in [0.2, 0.25) is 0 Å². The molecule has 0 aromatic carbocycles. The van der Waals surface area contributed by atoms with Gasteiger partial charge in [-0.25, -0.2) is 9.78 Å². The minimum Gasteiger partial charge on any atom is -0.478 e. The van der Waals surface area contributed by atoms with E-state index >= 15 is 0 Å². The Morgan fingerprint density at radius 2 is 2.35 bits per heavy atom. The average molecular weight is 233 g/mol. The number of hydrogen-bond acceptors (Lipinski definition) is 4. The van der Waals surface area contributed by atoms with Crippen LogP contribution in [0.1, 0.15) is 0 Å². The summed E-state index contributed by atoms with van der Waals surface area (Å²) in [5, 5.41) is 9.05. The summed E-state index contributed by atoms with van der Waals surface area (Å²) in [5.74, 6) is -0.595. The SMILES string of the molecule is O=C(O)C(Cn1ccnc1)Oc1cccnc1.